The molecule has 0 aromatic carbocycles. The highest BCUT2D eigenvalue weighted by Gasteiger charge is 2.31. The fourth-order valence-electron chi connectivity index (χ4n) is 4.20. The van der Waals surface area contributed by atoms with Crippen molar-refractivity contribution >= 4 is 0 Å². The molecule has 2 rings (SSSR count). The zero-order chi connectivity index (χ0) is 13.8. The molecule has 2 heteroatoms. The van der Waals surface area contributed by atoms with E-state index in [1.807, 2.05) is 0 Å². The van der Waals surface area contributed by atoms with Gasteiger partial charge in [0.2, 0.25) is 0 Å². The largest absolute Gasteiger partial charge is 0.314 e. The Kier molecular flexibility index (Phi) is 5.70. The van der Waals surface area contributed by atoms with Crippen LogP contribution >= 0.6 is 0 Å². The first-order valence-corrected chi connectivity index (χ1v) is 8.52. The second-order valence-corrected chi connectivity index (χ2v) is 7.64. The van der Waals surface area contributed by atoms with E-state index >= 15 is 0 Å². The van der Waals surface area contributed by atoms with Crippen molar-refractivity contribution in [3.8, 4) is 0 Å². The van der Waals surface area contributed by atoms with E-state index in [-0.39, 0.29) is 0 Å². The number of rotatable bonds is 4. The third-order valence-corrected chi connectivity index (χ3v) is 5.04. The minimum atomic E-state index is 0.630. The Bertz CT molecular complexity index is 254. The van der Waals surface area contributed by atoms with Crippen LogP contribution < -0.4 is 5.32 Å². The van der Waals surface area contributed by atoms with Gasteiger partial charge in [-0.15, -0.1) is 0 Å². The first-order chi connectivity index (χ1) is 9.04. The summed E-state index contributed by atoms with van der Waals surface area (Å²) in [6.45, 7) is 13.3. The van der Waals surface area contributed by atoms with Crippen LogP contribution in [-0.2, 0) is 0 Å². The van der Waals surface area contributed by atoms with E-state index in [2.05, 4.69) is 37.9 Å². The summed E-state index contributed by atoms with van der Waals surface area (Å²) in [5, 5.41) is 3.63. The van der Waals surface area contributed by atoms with E-state index in [0.717, 1.165) is 23.8 Å². The fraction of sp³-hybridized carbons (Fsp3) is 1.00. The predicted octanol–water partition coefficient (Wildman–Crippen LogP) is 3.52. The topological polar surface area (TPSA) is 15.3 Å². The smallest absolute Gasteiger partial charge is 0.0100 e. The van der Waals surface area contributed by atoms with Crippen LogP contribution in [0.5, 0.6) is 0 Å². The number of nitrogens with zero attached hydrogens (tertiary/aromatic N) is 1. The maximum absolute atomic E-state index is 3.63. The fourth-order valence-corrected chi connectivity index (χ4v) is 4.20. The third-order valence-electron chi connectivity index (χ3n) is 5.04. The van der Waals surface area contributed by atoms with Gasteiger partial charge in [-0.3, -0.25) is 0 Å². The van der Waals surface area contributed by atoms with E-state index in [0.29, 0.717) is 6.04 Å². The van der Waals surface area contributed by atoms with Crippen molar-refractivity contribution in [2.45, 2.75) is 71.9 Å². The molecule has 3 atom stereocenters. The molecule has 2 aliphatic rings. The predicted molar refractivity (Wildman–Crippen MR) is 83.4 cm³/mol. The van der Waals surface area contributed by atoms with Crippen molar-refractivity contribution in [3.05, 3.63) is 0 Å². The third kappa shape index (κ3) is 4.75. The molecule has 2 nitrogen and oxygen atoms in total. The molecule has 0 radical (unpaired) electrons. The van der Waals surface area contributed by atoms with Gasteiger partial charge in [0.1, 0.15) is 0 Å². The summed E-state index contributed by atoms with van der Waals surface area (Å²) < 4.78 is 0. The Morgan fingerprint density at radius 2 is 1.79 bits per heavy atom. The molecular weight excluding hydrogens is 232 g/mol. The molecule has 1 saturated heterocycles. The molecule has 1 saturated carbocycles. The summed E-state index contributed by atoms with van der Waals surface area (Å²) in [5.41, 5.74) is 0. The maximum atomic E-state index is 3.63. The molecule has 0 amide bonds. The van der Waals surface area contributed by atoms with Gasteiger partial charge in [0, 0.05) is 18.6 Å². The molecule has 0 aromatic rings. The lowest BCUT2D eigenvalue weighted by atomic mass is 9.79. The first-order valence-electron chi connectivity index (χ1n) is 8.52. The summed E-state index contributed by atoms with van der Waals surface area (Å²) in [5.74, 6) is 2.74. The molecule has 0 spiro atoms. The molecule has 0 aromatic heterocycles. The van der Waals surface area contributed by atoms with Crippen LogP contribution in [0.2, 0.25) is 0 Å². The van der Waals surface area contributed by atoms with Crippen molar-refractivity contribution in [3.63, 3.8) is 0 Å². The van der Waals surface area contributed by atoms with Gasteiger partial charge in [-0.1, -0.05) is 27.7 Å². The Morgan fingerprint density at radius 3 is 2.42 bits per heavy atom. The number of likely N-dealkylation sites (tertiary alicyclic amines) is 1. The molecule has 3 unspecified atom stereocenters. The Morgan fingerprint density at radius 1 is 1.11 bits per heavy atom. The van der Waals surface area contributed by atoms with E-state index in [9.17, 15) is 0 Å². The molecule has 112 valence electrons. The van der Waals surface area contributed by atoms with Crippen LogP contribution in [0.4, 0.5) is 0 Å². The number of piperidine rings is 1. The van der Waals surface area contributed by atoms with Crippen molar-refractivity contribution in [1.29, 1.82) is 0 Å². The van der Waals surface area contributed by atoms with Crippen LogP contribution in [0.3, 0.4) is 0 Å². The van der Waals surface area contributed by atoms with Crippen LogP contribution in [0.25, 0.3) is 0 Å². The van der Waals surface area contributed by atoms with Gasteiger partial charge in [-0.05, 0) is 62.9 Å². The van der Waals surface area contributed by atoms with Gasteiger partial charge >= 0.3 is 0 Å². The number of hydrogen-bond donors (Lipinski definition) is 1. The molecule has 1 N–H and O–H groups in total. The average molecular weight is 266 g/mol. The van der Waals surface area contributed by atoms with Gasteiger partial charge in [0.25, 0.3) is 0 Å². The van der Waals surface area contributed by atoms with Crippen molar-refractivity contribution in [2.24, 2.45) is 17.8 Å². The summed E-state index contributed by atoms with van der Waals surface area (Å²) in [6, 6.07) is 1.51. The normalized spacial score (nSPS) is 37.7. The van der Waals surface area contributed by atoms with E-state index in [1.165, 1.54) is 51.7 Å². The summed E-state index contributed by atoms with van der Waals surface area (Å²) >= 11 is 0. The SMILES string of the molecule is CC1CC(C)CC(N2CCCC(CNC(C)C)C2)C1. The quantitative estimate of drug-likeness (QED) is 0.837. The summed E-state index contributed by atoms with van der Waals surface area (Å²) in [4.78, 5) is 2.82. The molecule has 1 aliphatic heterocycles. The molecule has 1 heterocycles. The second kappa shape index (κ2) is 7.08. The Hall–Kier alpha value is -0.0800. The van der Waals surface area contributed by atoms with Crippen LogP contribution in [-0.4, -0.2) is 36.6 Å². The van der Waals surface area contributed by atoms with Gasteiger partial charge in [0.05, 0.1) is 0 Å². The lowest BCUT2D eigenvalue weighted by Crippen LogP contribution is -2.48. The Labute approximate surface area is 120 Å². The Balaban J connectivity index is 1.82. The highest BCUT2D eigenvalue weighted by atomic mass is 15.2. The standard InChI is InChI=1S/C17H34N2/c1-13(2)18-11-16-6-5-7-19(12-16)17-9-14(3)8-15(4)10-17/h13-18H,5-12H2,1-4H3. The van der Waals surface area contributed by atoms with Gasteiger partial charge in [-0.25, -0.2) is 0 Å². The van der Waals surface area contributed by atoms with Crippen molar-refractivity contribution in [1.82, 2.24) is 10.2 Å². The zero-order valence-corrected chi connectivity index (χ0v) is 13.5. The lowest BCUT2D eigenvalue weighted by molar-refractivity contribution is 0.0683. The van der Waals surface area contributed by atoms with Crippen LogP contribution in [0, 0.1) is 17.8 Å². The monoisotopic (exact) mass is 266 g/mol. The average Bonchev–Trinajstić information content (AvgIpc) is 2.35. The lowest BCUT2D eigenvalue weighted by Gasteiger charge is -2.43. The summed E-state index contributed by atoms with van der Waals surface area (Å²) in [7, 11) is 0. The van der Waals surface area contributed by atoms with Gasteiger partial charge in [-0.2, -0.15) is 0 Å². The highest BCUT2D eigenvalue weighted by Crippen LogP contribution is 2.33. The number of nitrogens with one attached hydrogen (secondary N) is 1. The minimum absolute atomic E-state index is 0.630. The van der Waals surface area contributed by atoms with Gasteiger partial charge in [0.15, 0.2) is 0 Å². The maximum Gasteiger partial charge on any atom is 0.0100 e. The van der Waals surface area contributed by atoms with Crippen LogP contribution in [0.1, 0.15) is 59.8 Å². The van der Waals surface area contributed by atoms with E-state index in [4.69, 9.17) is 0 Å². The minimum Gasteiger partial charge on any atom is -0.314 e. The van der Waals surface area contributed by atoms with E-state index < -0.39 is 0 Å². The van der Waals surface area contributed by atoms with Gasteiger partial charge < -0.3 is 10.2 Å². The van der Waals surface area contributed by atoms with E-state index in [1.54, 1.807) is 0 Å². The summed E-state index contributed by atoms with van der Waals surface area (Å²) in [6.07, 6.45) is 7.16. The number of hydrogen-bond acceptors (Lipinski definition) is 2. The molecule has 1 aliphatic carbocycles. The molecule has 19 heavy (non-hydrogen) atoms. The van der Waals surface area contributed by atoms with Crippen molar-refractivity contribution < 1.29 is 0 Å². The molecule has 2 fully saturated rings. The highest BCUT2D eigenvalue weighted by molar-refractivity contribution is 4.85. The first kappa shape index (κ1) is 15.3. The molecular formula is C17H34N2. The van der Waals surface area contributed by atoms with Crippen LogP contribution in [0.15, 0.2) is 0 Å². The molecule has 0 bridgehead atoms. The van der Waals surface area contributed by atoms with Crippen molar-refractivity contribution in [2.75, 3.05) is 19.6 Å². The second-order valence-electron chi connectivity index (χ2n) is 7.64. The zero-order valence-electron chi connectivity index (χ0n) is 13.5.